The number of anilines is 1. The summed E-state index contributed by atoms with van der Waals surface area (Å²) in [4.78, 5) is 39.1. The van der Waals surface area contributed by atoms with E-state index in [0.29, 0.717) is 11.3 Å². The van der Waals surface area contributed by atoms with Gasteiger partial charge in [-0.2, -0.15) is 5.26 Å². The molecule has 0 bridgehead atoms. The van der Waals surface area contributed by atoms with Crippen LogP contribution in [0.5, 0.6) is 0 Å². The van der Waals surface area contributed by atoms with E-state index in [2.05, 4.69) is 36.1 Å². The molecule has 1 saturated heterocycles. The number of nitrogens with one attached hydrogen (secondary N) is 1. The number of carbonyl (C=O) groups is 2. The highest BCUT2D eigenvalue weighted by atomic mass is 16.3. The molecule has 1 saturated carbocycles. The van der Waals surface area contributed by atoms with E-state index in [1.165, 1.54) is 16.1 Å². The van der Waals surface area contributed by atoms with Crippen molar-refractivity contribution in [3.63, 3.8) is 0 Å². The van der Waals surface area contributed by atoms with E-state index in [9.17, 15) is 20.0 Å². The third-order valence-corrected chi connectivity index (χ3v) is 7.30. The number of aromatic nitrogens is 2. The number of β-amino-alcohol motifs (C(OH)–C–C–N with tert-alkyl or cyclic N) is 1. The van der Waals surface area contributed by atoms with Crippen molar-refractivity contribution in [2.45, 2.75) is 88.9 Å². The van der Waals surface area contributed by atoms with Gasteiger partial charge < -0.3 is 10.4 Å². The lowest BCUT2D eigenvalue weighted by Gasteiger charge is -2.35. The number of likely N-dealkylation sites (tertiary alicyclic amines) is 1. The van der Waals surface area contributed by atoms with Gasteiger partial charge >= 0.3 is 0 Å². The first kappa shape index (κ1) is 26.6. The summed E-state index contributed by atoms with van der Waals surface area (Å²) in [6.45, 7) is 6.41. The molecule has 4 rings (SSSR count). The minimum atomic E-state index is -1.03. The average molecular weight is 505 g/mol. The van der Waals surface area contributed by atoms with E-state index in [4.69, 9.17) is 0 Å². The molecule has 2 aromatic rings. The maximum atomic E-state index is 14.2. The predicted molar refractivity (Wildman–Crippen MR) is 139 cm³/mol. The third-order valence-electron chi connectivity index (χ3n) is 7.30. The van der Waals surface area contributed by atoms with Crippen LogP contribution >= 0.6 is 0 Å². The zero-order valence-corrected chi connectivity index (χ0v) is 21.8. The van der Waals surface area contributed by atoms with Crippen LogP contribution in [0.3, 0.4) is 0 Å². The Morgan fingerprint density at radius 1 is 1.14 bits per heavy atom. The molecule has 1 aliphatic carbocycles. The molecule has 2 N–H and O–H groups in total. The van der Waals surface area contributed by atoms with Crippen molar-refractivity contribution in [2.24, 2.45) is 0 Å². The van der Waals surface area contributed by atoms with Crippen LogP contribution in [-0.2, 0) is 15.0 Å². The lowest BCUT2D eigenvalue weighted by Crippen LogP contribution is -2.51. The lowest BCUT2D eigenvalue weighted by molar-refractivity contribution is -0.128. The number of hydrogen-bond donors (Lipinski definition) is 2. The van der Waals surface area contributed by atoms with Gasteiger partial charge in [-0.1, -0.05) is 52.2 Å². The Kier molecular flexibility index (Phi) is 8.08. The standard InChI is InChI=1S/C28H36N6O3/c1-28(2,3)20-9-11-22(12-10-20)34(27(37)24-13-23(35)16-33(24)17-29)25(19-14-30-18-31-15-19)26(36)32-21-7-5-4-6-8-21/h9-12,14-15,18,21,23-25,35H,4-8,13,16H2,1-3H3,(H,32,36)/t23-,24-,25?/m1/s1. The van der Waals surface area contributed by atoms with Crippen LogP contribution in [0.25, 0.3) is 0 Å². The molecule has 1 aliphatic heterocycles. The van der Waals surface area contributed by atoms with Crippen molar-refractivity contribution >= 4 is 17.5 Å². The molecular weight excluding hydrogens is 468 g/mol. The van der Waals surface area contributed by atoms with E-state index in [-0.39, 0.29) is 30.3 Å². The number of carbonyl (C=O) groups excluding carboxylic acids is 2. The minimum Gasteiger partial charge on any atom is -0.391 e. The quantitative estimate of drug-likeness (QED) is 0.579. The molecule has 37 heavy (non-hydrogen) atoms. The van der Waals surface area contributed by atoms with Gasteiger partial charge in [0.1, 0.15) is 18.4 Å². The Morgan fingerprint density at radius 2 is 1.78 bits per heavy atom. The maximum absolute atomic E-state index is 14.2. The second-order valence-electron chi connectivity index (χ2n) is 11.1. The highest BCUT2D eigenvalue weighted by molar-refractivity contribution is 6.04. The number of hydrogen-bond acceptors (Lipinski definition) is 7. The minimum absolute atomic E-state index is 0.0394. The Balaban J connectivity index is 1.78. The first-order valence-electron chi connectivity index (χ1n) is 13.0. The fourth-order valence-electron chi connectivity index (χ4n) is 5.24. The molecule has 2 heterocycles. The van der Waals surface area contributed by atoms with Crippen molar-refractivity contribution in [3.05, 3.63) is 54.1 Å². The van der Waals surface area contributed by atoms with Gasteiger partial charge in [-0.25, -0.2) is 9.97 Å². The Bertz CT molecular complexity index is 1120. The van der Waals surface area contributed by atoms with E-state index in [1.54, 1.807) is 12.4 Å². The lowest BCUT2D eigenvalue weighted by atomic mass is 9.87. The van der Waals surface area contributed by atoms with Gasteiger partial charge in [-0.05, 0) is 36.0 Å². The van der Waals surface area contributed by atoms with Crippen LogP contribution in [0.1, 0.15) is 76.5 Å². The van der Waals surface area contributed by atoms with Crippen molar-refractivity contribution in [2.75, 3.05) is 11.4 Å². The summed E-state index contributed by atoms with van der Waals surface area (Å²) >= 11 is 0. The molecule has 9 nitrogen and oxygen atoms in total. The topological polar surface area (TPSA) is 122 Å². The maximum Gasteiger partial charge on any atom is 0.251 e. The summed E-state index contributed by atoms with van der Waals surface area (Å²) in [5.74, 6) is -0.730. The molecule has 0 radical (unpaired) electrons. The Morgan fingerprint density at radius 3 is 2.38 bits per heavy atom. The largest absolute Gasteiger partial charge is 0.391 e. The van der Waals surface area contributed by atoms with Crippen LogP contribution in [-0.4, -0.2) is 56.5 Å². The highest BCUT2D eigenvalue weighted by Crippen LogP contribution is 2.33. The molecular formula is C28H36N6O3. The van der Waals surface area contributed by atoms with Crippen LogP contribution in [0.2, 0.25) is 0 Å². The summed E-state index contributed by atoms with van der Waals surface area (Å²) in [7, 11) is 0. The summed E-state index contributed by atoms with van der Waals surface area (Å²) in [5.41, 5.74) is 2.01. The van der Waals surface area contributed by atoms with Crippen LogP contribution in [0.4, 0.5) is 5.69 Å². The molecule has 1 aromatic heterocycles. The monoisotopic (exact) mass is 504 g/mol. The number of rotatable bonds is 6. The van der Waals surface area contributed by atoms with Crippen molar-refractivity contribution < 1.29 is 14.7 Å². The number of amides is 2. The van der Waals surface area contributed by atoms with Gasteiger partial charge in [-0.3, -0.25) is 19.4 Å². The molecule has 1 aromatic carbocycles. The molecule has 0 spiro atoms. The van der Waals surface area contributed by atoms with Gasteiger partial charge in [-0.15, -0.1) is 0 Å². The molecule has 9 heteroatoms. The predicted octanol–water partition coefficient (Wildman–Crippen LogP) is 3.21. The third kappa shape index (κ3) is 6.08. The van der Waals surface area contributed by atoms with Gasteiger partial charge in [0.25, 0.3) is 5.91 Å². The SMILES string of the molecule is CC(C)(C)c1ccc(N(C(=O)[C@H]2C[C@@H](O)CN2C#N)C(C(=O)NC2CCCCC2)c2cncnc2)cc1. The van der Waals surface area contributed by atoms with Gasteiger partial charge in [0.15, 0.2) is 6.19 Å². The number of benzene rings is 1. The van der Waals surface area contributed by atoms with E-state index in [0.717, 1.165) is 37.7 Å². The summed E-state index contributed by atoms with van der Waals surface area (Å²) in [6.07, 6.45) is 10.9. The van der Waals surface area contributed by atoms with Gasteiger partial charge in [0, 0.05) is 36.1 Å². The van der Waals surface area contributed by atoms with Crippen molar-refractivity contribution in [1.82, 2.24) is 20.2 Å². The van der Waals surface area contributed by atoms with Crippen molar-refractivity contribution in [3.8, 4) is 6.19 Å². The molecule has 2 amide bonds. The number of aliphatic hydroxyl groups excluding tert-OH is 1. The second kappa shape index (κ2) is 11.3. The molecule has 1 unspecified atom stereocenters. The van der Waals surface area contributed by atoms with E-state index < -0.39 is 24.1 Å². The van der Waals surface area contributed by atoms with Crippen LogP contribution < -0.4 is 10.2 Å². The summed E-state index contributed by atoms with van der Waals surface area (Å²) in [5, 5.41) is 23.1. The first-order valence-corrected chi connectivity index (χ1v) is 13.0. The molecule has 2 fully saturated rings. The first-order chi connectivity index (χ1) is 17.7. The number of nitrogens with zero attached hydrogens (tertiary/aromatic N) is 5. The molecule has 196 valence electrons. The van der Waals surface area contributed by atoms with E-state index in [1.807, 2.05) is 30.5 Å². The van der Waals surface area contributed by atoms with Gasteiger partial charge in [0.2, 0.25) is 5.91 Å². The van der Waals surface area contributed by atoms with Crippen LogP contribution in [0.15, 0.2) is 43.0 Å². The second-order valence-corrected chi connectivity index (χ2v) is 11.1. The Labute approximate surface area is 218 Å². The number of aliphatic hydroxyl groups is 1. The zero-order valence-electron chi connectivity index (χ0n) is 21.8. The summed E-state index contributed by atoms with van der Waals surface area (Å²) < 4.78 is 0. The Hall–Kier alpha value is -3.51. The van der Waals surface area contributed by atoms with Crippen LogP contribution in [0, 0.1) is 11.5 Å². The average Bonchev–Trinajstić information content (AvgIpc) is 3.28. The van der Waals surface area contributed by atoms with Gasteiger partial charge in [0.05, 0.1) is 12.6 Å². The smallest absolute Gasteiger partial charge is 0.251 e. The molecule has 2 aliphatic rings. The zero-order chi connectivity index (χ0) is 26.6. The fourth-order valence-corrected chi connectivity index (χ4v) is 5.24. The summed E-state index contributed by atoms with van der Waals surface area (Å²) in [6, 6.07) is 5.72. The van der Waals surface area contributed by atoms with E-state index >= 15 is 0 Å². The molecule has 3 atom stereocenters. The highest BCUT2D eigenvalue weighted by Gasteiger charge is 2.43. The number of nitriles is 1. The fraction of sp³-hybridized carbons (Fsp3) is 0.536. The van der Waals surface area contributed by atoms with Crippen molar-refractivity contribution in [1.29, 1.82) is 5.26 Å². The normalized spacial score (nSPS) is 21.2.